The van der Waals surface area contributed by atoms with Gasteiger partial charge >= 0.3 is 0 Å². The Morgan fingerprint density at radius 3 is 3.00 bits per heavy atom. The molecule has 0 rings (SSSR count). The van der Waals surface area contributed by atoms with Gasteiger partial charge in [-0.3, -0.25) is 4.79 Å². The number of carbonyl (C=O) groups is 1. The molecule has 1 N–H and O–H groups in total. The highest BCUT2D eigenvalue weighted by Crippen LogP contribution is 1.96. The van der Waals surface area contributed by atoms with E-state index in [2.05, 4.69) is 11.2 Å². The molecule has 0 heterocycles. The highest BCUT2D eigenvalue weighted by atomic mass is 35.5. The molecule has 4 heteroatoms. The van der Waals surface area contributed by atoms with Crippen LogP contribution in [0.1, 0.15) is 12.8 Å². The number of halogens is 1. The lowest BCUT2D eigenvalue weighted by atomic mass is 10.3. The first-order valence-corrected chi connectivity index (χ1v) is 5.84. The van der Waals surface area contributed by atoms with Crippen LogP contribution in [0, 0.1) is 12.3 Å². The SMILES string of the molecule is C#CCSCCNC(=O)CCCCl. The Labute approximate surface area is 88.8 Å². The first-order chi connectivity index (χ1) is 6.31. The van der Waals surface area contributed by atoms with E-state index in [1.807, 2.05) is 0 Å². The summed E-state index contributed by atoms with van der Waals surface area (Å²) in [5, 5.41) is 2.79. The van der Waals surface area contributed by atoms with Gasteiger partial charge in [0.1, 0.15) is 0 Å². The summed E-state index contributed by atoms with van der Waals surface area (Å²) >= 11 is 7.08. The minimum absolute atomic E-state index is 0.0713. The van der Waals surface area contributed by atoms with Crippen LogP contribution >= 0.6 is 23.4 Å². The second kappa shape index (κ2) is 9.76. The molecule has 74 valence electrons. The van der Waals surface area contributed by atoms with Crippen LogP contribution in [0.2, 0.25) is 0 Å². The predicted octanol–water partition coefficient (Wildman–Crippen LogP) is 1.49. The van der Waals surface area contributed by atoms with Gasteiger partial charge in [0.05, 0.1) is 5.75 Å². The molecule has 0 radical (unpaired) electrons. The normalized spacial score (nSPS) is 9.23. The van der Waals surface area contributed by atoms with Crippen molar-refractivity contribution in [2.24, 2.45) is 0 Å². The van der Waals surface area contributed by atoms with E-state index in [0.717, 1.165) is 12.2 Å². The highest BCUT2D eigenvalue weighted by Gasteiger charge is 1.98. The molecule has 0 spiro atoms. The zero-order chi connectivity index (χ0) is 9.94. The monoisotopic (exact) mass is 219 g/mol. The summed E-state index contributed by atoms with van der Waals surface area (Å²) in [6.45, 7) is 0.688. The number of hydrogen-bond acceptors (Lipinski definition) is 2. The third-order valence-corrected chi connectivity index (χ3v) is 2.42. The average molecular weight is 220 g/mol. The van der Waals surface area contributed by atoms with E-state index >= 15 is 0 Å². The number of alkyl halides is 1. The predicted molar refractivity (Wildman–Crippen MR) is 59.1 cm³/mol. The van der Waals surface area contributed by atoms with Crippen LogP contribution < -0.4 is 5.32 Å². The van der Waals surface area contributed by atoms with E-state index in [9.17, 15) is 4.79 Å². The third kappa shape index (κ3) is 9.59. The van der Waals surface area contributed by atoms with Crippen LogP contribution in [-0.2, 0) is 4.79 Å². The molecule has 0 aliphatic heterocycles. The highest BCUT2D eigenvalue weighted by molar-refractivity contribution is 7.99. The van der Waals surface area contributed by atoms with Crippen molar-refractivity contribution >= 4 is 29.3 Å². The maximum Gasteiger partial charge on any atom is 0.220 e. The number of carbonyl (C=O) groups excluding carboxylic acids is 1. The number of nitrogens with one attached hydrogen (secondary N) is 1. The quantitative estimate of drug-likeness (QED) is 0.399. The summed E-state index contributed by atoms with van der Waals surface area (Å²) < 4.78 is 0. The number of terminal acetylenes is 1. The first-order valence-electron chi connectivity index (χ1n) is 4.15. The average Bonchev–Trinajstić information content (AvgIpc) is 2.14. The van der Waals surface area contributed by atoms with Crippen molar-refractivity contribution in [1.82, 2.24) is 5.32 Å². The summed E-state index contributed by atoms with van der Waals surface area (Å²) in [6.07, 6.45) is 6.32. The van der Waals surface area contributed by atoms with Gasteiger partial charge in [0, 0.05) is 24.6 Å². The fraction of sp³-hybridized carbons (Fsp3) is 0.667. The third-order valence-electron chi connectivity index (χ3n) is 1.29. The smallest absolute Gasteiger partial charge is 0.220 e. The van der Waals surface area contributed by atoms with Gasteiger partial charge in [-0.1, -0.05) is 5.92 Å². The van der Waals surface area contributed by atoms with Gasteiger partial charge in [-0.15, -0.1) is 29.8 Å². The molecule has 0 aliphatic carbocycles. The van der Waals surface area contributed by atoms with Crippen LogP contribution in [0.15, 0.2) is 0 Å². The van der Waals surface area contributed by atoms with Crippen molar-refractivity contribution in [2.75, 3.05) is 23.9 Å². The molecule has 0 bridgehead atoms. The maximum absolute atomic E-state index is 11.0. The molecular formula is C9H14ClNOS. The molecule has 1 amide bonds. The van der Waals surface area contributed by atoms with Gasteiger partial charge in [0.15, 0.2) is 0 Å². The van der Waals surface area contributed by atoms with E-state index in [-0.39, 0.29) is 5.91 Å². The molecule has 0 unspecified atom stereocenters. The lowest BCUT2D eigenvalue weighted by molar-refractivity contribution is -0.120. The molecule has 0 aliphatic rings. The van der Waals surface area contributed by atoms with E-state index in [0.29, 0.717) is 24.6 Å². The summed E-state index contributed by atoms with van der Waals surface area (Å²) in [5.74, 6) is 4.71. The molecule has 0 aromatic rings. The lowest BCUT2D eigenvalue weighted by Crippen LogP contribution is -2.25. The molecule has 0 aromatic heterocycles. The van der Waals surface area contributed by atoms with Crippen molar-refractivity contribution in [3.8, 4) is 12.3 Å². The zero-order valence-corrected chi connectivity index (χ0v) is 9.09. The fourth-order valence-electron chi connectivity index (χ4n) is 0.709. The Bertz CT molecular complexity index is 179. The second-order valence-electron chi connectivity index (χ2n) is 2.40. The maximum atomic E-state index is 11.0. The van der Waals surface area contributed by atoms with Crippen LogP contribution in [0.4, 0.5) is 0 Å². The Kier molecular flexibility index (Phi) is 9.51. The first kappa shape index (κ1) is 12.7. The molecule has 0 aromatic carbocycles. The van der Waals surface area contributed by atoms with Crippen LogP contribution in [0.5, 0.6) is 0 Å². The van der Waals surface area contributed by atoms with Crippen LogP contribution in [-0.4, -0.2) is 29.8 Å². The van der Waals surface area contributed by atoms with E-state index in [4.69, 9.17) is 18.0 Å². The van der Waals surface area contributed by atoms with Gasteiger partial charge in [0.2, 0.25) is 5.91 Å². The molecule has 0 atom stereocenters. The van der Waals surface area contributed by atoms with Gasteiger partial charge < -0.3 is 5.32 Å². The van der Waals surface area contributed by atoms with E-state index in [1.54, 1.807) is 11.8 Å². The van der Waals surface area contributed by atoms with Crippen molar-refractivity contribution in [3.05, 3.63) is 0 Å². The van der Waals surface area contributed by atoms with E-state index < -0.39 is 0 Å². The van der Waals surface area contributed by atoms with Gasteiger partial charge in [-0.25, -0.2) is 0 Å². The Hall–Kier alpha value is -0.330. The van der Waals surface area contributed by atoms with Crippen LogP contribution in [0.25, 0.3) is 0 Å². The number of rotatable bonds is 7. The number of hydrogen-bond donors (Lipinski definition) is 1. The molecule has 13 heavy (non-hydrogen) atoms. The molecule has 0 saturated heterocycles. The fourth-order valence-corrected chi connectivity index (χ4v) is 1.35. The standard InChI is InChI=1S/C9H14ClNOS/c1-2-7-13-8-6-11-9(12)4-3-5-10/h1H,3-8H2,(H,11,12). The second-order valence-corrected chi connectivity index (χ2v) is 3.88. The topological polar surface area (TPSA) is 29.1 Å². The minimum atomic E-state index is 0.0713. The molecule has 0 saturated carbocycles. The Morgan fingerprint density at radius 1 is 1.62 bits per heavy atom. The van der Waals surface area contributed by atoms with Crippen LogP contribution in [0.3, 0.4) is 0 Å². The van der Waals surface area contributed by atoms with Gasteiger partial charge in [-0.05, 0) is 6.42 Å². The summed E-state index contributed by atoms with van der Waals surface area (Å²) in [6, 6.07) is 0. The van der Waals surface area contributed by atoms with Gasteiger partial charge in [0.25, 0.3) is 0 Å². The number of amides is 1. The lowest BCUT2D eigenvalue weighted by Gasteiger charge is -2.02. The van der Waals surface area contributed by atoms with Crippen molar-refractivity contribution in [2.45, 2.75) is 12.8 Å². The van der Waals surface area contributed by atoms with Crippen molar-refractivity contribution in [3.63, 3.8) is 0 Å². The minimum Gasteiger partial charge on any atom is -0.355 e. The zero-order valence-electron chi connectivity index (χ0n) is 7.51. The largest absolute Gasteiger partial charge is 0.355 e. The Morgan fingerprint density at radius 2 is 2.38 bits per heavy atom. The summed E-state index contributed by atoms with van der Waals surface area (Å²) in [7, 11) is 0. The Balaban J connectivity index is 3.13. The molecule has 0 fully saturated rings. The molecule has 2 nitrogen and oxygen atoms in total. The van der Waals surface area contributed by atoms with Gasteiger partial charge in [-0.2, -0.15) is 0 Å². The number of thioether (sulfide) groups is 1. The van der Waals surface area contributed by atoms with Crippen molar-refractivity contribution < 1.29 is 4.79 Å². The van der Waals surface area contributed by atoms with Crippen molar-refractivity contribution in [1.29, 1.82) is 0 Å². The summed E-state index contributed by atoms with van der Waals surface area (Å²) in [5.41, 5.74) is 0. The summed E-state index contributed by atoms with van der Waals surface area (Å²) in [4.78, 5) is 11.0. The molecular weight excluding hydrogens is 206 g/mol. The van der Waals surface area contributed by atoms with E-state index in [1.165, 1.54) is 0 Å².